The number of pyridine rings is 2. The first-order valence-electron chi connectivity index (χ1n) is 10.9. The van der Waals surface area contributed by atoms with Crippen LogP contribution in [0.25, 0.3) is 38.6 Å². The van der Waals surface area contributed by atoms with Crippen molar-refractivity contribution >= 4 is 43.2 Å². The van der Waals surface area contributed by atoms with Crippen LogP contribution in [-0.2, 0) is 10.0 Å². The fourth-order valence-electron chi connectivity index (χ4n) is 4.27. The highest BCUT2D eigenvalue weighted by Crippen LogP contribution is 2.31. The number of nitro benzene ring substituents is 1. The van der Waals surface area contributed by atoms with Crippen molar-refractivity contribution in [3.63, 3.8) is 0 Å². The third-order valence-electron chi connectivity index (χ3n) is 5.75. The molecule has 0 radical (unpaired) electrons. The summed E-state index contributed by atoms with van der Waals surface area (Å²) in [6.45, 7) is 1.74. The van der Waals surface area contributed by atoms with Crippen LogP contribution in [0.3, 0.4) is 0 Å². The molecule has 0 bridgehead atoms. The number of sulfonamides is 1. The van der Waals surface area contributed by atoms with Crippen LogP contribution in [0.5, 0.6) is 0 Å². The zero-order chi connectivity index (χ0) is 25.6. The lowest BCUT2D eigenvalue weighted by atomic mass is 10.0. The fraction of sp³-hybridized carbons (Fsp3) is 0.0769. The van der Waals surface area contributed by atoms with Gasteiger partial charge in [-0.25, -0.2) is 8.42 Å². The van der Waals surface area contributed by atoms with Gasteiger partial charge in [-0.1, -0.05) is 18.2 Å². The van der Waals surface area contributed by atoms with Crippen molar-refractivity contribution < 1.29 is 13.3 Å². The van der Waals surface area contributed by atoms with E-state index in [1.807, 2.05) is 18.2 Å². The summed E-state index contributed by atoms with van der Waals surface area (Å²) in [4.78, 5) is 28.6. The van der Waals surface area contributed by atoms with Crippen LogP contribution in [0, 0.1) is 17.0 Å². The number of nitro groups is 1. The van der Waals surface area contributed by atoms with Crippen molar-refractivity contribution in [1.82, 2.24) is 9.55 Å². The number of aromatic nitrogens is 2. The molecule has 5 rings (SSSR count). The van der Waals surface area contributed by atoms with Crippen LogP contribution in [0.1, 0.15) is 5.56 Å². The summed E-state index contributed by atoms with van der Waals surface area (Å²) in [7, 11) is -3.39. The monoisotopic (exact) mass is 500 g/mol. The zero-order valence-corrected chi connectivity index (χ0v) is 20.1. The van der Waals surface area contributed by atoms with Gasteiger partial charge in [-0.3, -0.25) is 29.2 Å². The minimum Gasteiger partial charge on any atom is -0.284 e. The maximum Gasteiger partial charge on any atom is 0.271 e. The van der Waals surface area contributed by atoms with E-state index in [4.69, 9.17) is 0 Å². The molecule has 180 valence electrons. The van der Waals surface area contributed by atoms with Gasteiger partial charge >= 0.3 is 0 Å². The van der Waals surface area contributed by atoms with Gasteiger partial charge in [0.1, 0.15) is 0 Å². The Balaban J connectivity index is 1.74. The Kier molecular flexibility index (Phi) is 5.52. The van der Waals surface area contributed by atoms with Crippen LogP contribution >= 0.6 is 0 Å². The van der Waals surface area contributed by atoms with Gasteiger partial charge in [0, 0.05) is 40.9 Å². The van der Waals surface area contributed by atoms with E-state index in [9.17, 15) is 23.3 Å². The van der Waals surface area contributed by atoms with E-state index in [0.29, 0.717) is 38.7 Å². The Labute approximate surface area is 205 Å². The Morgan fingerprint density at radius 3 is 2.36 bits per heavy atom. The Bertz CT molecular complexity index is 1850. The van der Waals surface area contributed by atoms with Gasteiger partial charge < -0.3 is 0 Å². The molecule has 10 heteroatoms. The van der Waals surface area contributed by atoms with Crippen molar-refractivity contribution in [1.29, 1.82) is 0 Å². The molecule has 0 saturated carbocycles. The summed E-state index contributed by atoms with van der Waals surface area (Å²) in [5.74, 6) is 0. The molecule has 1 N–H and O–H groups in total. The zero-order valence-electron chi connectivity index (χ0n) is 19.3. The predicted molar refractivity (Wildman–Crippen MR) is 140 cm³/mol. The molecular weight excluding hydrogens is 480 g/mol. The van der Waals surface area contributed by atoms with Gasteiger partial charge in [-0.2, -0.15) is 0 Å². The van der Waals surface area contributed by atoms with Crippen molar-refractivity contribution in [3.8, 4) is 16.8 Å². The molecule has 0 amide bonds. The fourth-order valence-corrected chi connectivity index (χ4v) is 4.83. The molecular formula is C26H20N4O5S. The third-order valence-corrected chi connectivity index (χ3v) is 6.36. The quantitative estimate of drug-likeness (QED) is 0.210. The number of rotatable bonds is 5. The number of benzene rings is 3. The van der Waals surface area contributed by atoms with Crippen molar-refractivity contribution in [2.24, 2.45) is 0 Å². The topological polar surface area (TPSA) is 124 Å². The third kappa shape index (κ3) is 4.41. The Morgan fingerprint density at radius 1 is 0.944 bits per heavy atom. The lowest BCUT2D eigenvalue weighted by Crippen LogP contribution is -2.18. The van der Waals surface area contributed by atoms with Gasteiger partial charge in [0.25, 0.3) is 11.2 Å². The largest absolute Gasteiger partial charge is 0.284 e. The van der Waals surface area contributed by atoms with E-state index in [2.05, 4.69) is 9.71 Å². The lowest BCUT2D eigenvalue weighted by molar-refractivity contribution is -0.384. The van der Waals surface area contributed by atoms with Crippen LogP contribution in [-0.4, -0.2) is 29.1 Å². The van der Waals surface area contributed by atoms with E-state index in [0.717, 1.165) is 17.4 Å². The second-order valence-electron chi connectivity index (χ2n) is 8.54. The molecule has 5 aromatic rings. The summed E-state index contributed by atoms with van der Waals surface area (Å²) in [5, 5.41) is 12.9. The molecule has 36 heavy (non-hydrogen) atoms. The standard InChI is InChI=1S/C26H20N4O5S/c1-16-11-21(14-22(12-16)30(32)33)29-25(31)10-6-19-15-27-24-9-5-18(13-23(24)26(19)29)17-3-7-20(8-4-17)28-36(2,34)35/h3-15,28H,1-2H3. The van der Waals surface area contributed by atoms with Crippen molar-refractivity contribution in [2.45, 2.75) is 6.92 Å². The second-order valence-corrected chi connectivity index (χ2v) is 10.3. The number of hydrogen-bond donors (Lipinski definition) is 1. The van der Waals surface area contributed by atoms with Gasteiger partial charge in [0.2, 0.25) is 10.0 Å². The summed E-state index contributed by atoms with van der Waals surface area (Å²) in [6.07, 6.45) is 2.76. The number of nitrogens with zero attached hydrogens (tertiary/aromatic N) is 3. The van der Waals surface area contributed by atoms with E-state index >= 15 is 0 Å². The Morgan fingerprint density at radius 2 is 1.67 bits per heavy atom. The van der Waals surface area contributed by atoms with Gasteiger partial charge in [0.05, 0.1) is 27.9 Å². The molecule has 3 aromatic carbocycles. The smallest absolute Gasteiger partial charge is 0.271 e. The summed E-state index contributed by atoms with van der Waals surface area (Å²) >= 11 is 0. The molecule has 0 aliphatic rings. The highest BCUT2D eigenvalue weighted by Gasteiger charge is 2.15. The number of aryl methyl sites for hydroxylation is 1. The molecule has 0 spiro atoms. The minimum atomic E-state index is -3.39. The normalized spacial score (nSPS) is 11.6. The first kappa shape index (κ1) is 23.2. The number of non-ortho nitro benzene ring substituents is 1. The average Bonchev–Trinajstić information content (AvgIpc) is 2.82. The highest BCUT2D eigenvalue weighted by atomic mass is 32.2. The molecule has 0 aliphatic carbocycles. The molecule has 0 unspecified atom stereocenters. The molecule has 0 fully saturated rings. The Hall–Kier alpha value is -4.57. The summed E-state index contributed by atoms with van der Waals surface area (Å²) in [6, 6.07) is 20.3. The van der Waals surface area contributed by atoms with Gasteiger partial charge in [-0.15, -0.1) is 0 Å². The van der Waals surface area contributed by atoms with E-state index in [-0.39, 0.29) is 11.2 Å². The van der Waals surface area contributed by atoms with Crippen molar-refractivity contribution in [3.05, 3.63) is 105 Å². The number of hydrogen-bond acceptors (Lipinski definition) is 6. The maximum absolute atomic E-state index is 13.1. The van der Waals surface area contributed by atoms with Crippen molar-refractivity contribution in [2.75, 3.05) is 11.0 Å². The number of anilines is 1. The van der Waals surface area contributed by atoms with Crippen LogP contribution in [0.15, 0.2) is 83.8 Å². The minimum absolute atomic E-state index is 0.101. The highest BCUT2D eigenvalue weighted by molar-refractivity contribution is 7.92. The van der Waals surface area contributed by atoms with Crippen LogP contribution in [0.2, 0.25) is 0 Å². The molecule has 9 nitrogen and oxygen atoms in total. The molecule has 0 atom stereocenters. The van der Waals surface area contributed by atoms with E-state index in [1.165, 1.54) is 22.8 Å². The average molecular weight is 501 g/mol. The van der Waals surface area contributed by atoms with E-state index in [1.54, 1.807) is 49.5 Å². The lowest BCUT2D eigenvalue weighted by Gasteiger charge is -2.14. The predicted octanol–water partition coefficient (Wildman–Crippen LogP) is 4.79. The van der Waals surface area contributed by atoms with E-state index < -0.39 is 14.9 Å². The van der Waals surface area contributed by atoms with Crippen LogP contribution in [0.4, 0.5) is 11.4 Å². The molecule has 2 aromatic heterocycles. The number of fused-ring (bicyclic) bond motifs is 3. The first-order valence-corrected chi connectivity index (χ1v) is 12.8. The molecule has 0 aliphatic heterocycles. The summed E-state index contributed by atoms with van der Waals surface area (Å²) < 4.78 is 26.9. The molecule has 0 saturated heterocycles. The van der Waals surface area contributed by atoms with Gasteiger partial charge in [0.15, 0.2) is 0 Å². The molecule has 2 heterocycles. The SMILES string of the molecule is Cc1cc(-n2c(=O)ccc3cnc4ccc(-c5ccc(NS(C)(=O)=O)cc5)cc4c32)cc([N+](=O)[O-])c1. The van der Waals surface area contributed by atoms with Crippen LogP contribution < -0.4 is 10.3 Å². The number of nitrogens with one attached hydrogen (secondary N) is 1. The summed E-state index contributed by atoms with van der Waals surface area (Å²) in [5.41, 5.74) is 3.99. The van der Waals surface area contributed by atoms with Gasteiger partial charge in [-0.05, 0) is 60.0 Å². The maximum atomic E-state index is 13.1. The second kappa shape index (κ2) is 8.58. The first-order chi connectivity index (χ1) is 17.1.